The molecule has 2 N–H and O–H groups in total. The van der Waals surface area contributed by atoms with Crippen molar-refractivity contribution in [2.24, 2.45) is 5.10 Å². The van der Waals surface area contributed by atoms with Crippen LogP contribution in [0.2, 0.25) is 0 Å². The Bertz CT molecular complexity index is 1130. The minimum absolute atomic E-state index is 0.307. The number of benzene rings is 2. The van der Waals surface area contributed by atoms with Crippen molar-refractivity contribution < 1.29 is 13.9 Å². The predicted octanol–water partition coefficient (Wildman–Crippen LogP) is 4.32. The van der Waals surface area contributed by atoms with Crippen LogP contribution in [0.4, 0.5) is 0 Å². The van der Waals surface area contributed by atoms with Gasteiger partial charge in [0, 0.05) is 5.56 Å². The van der Waals surface area contributed by atoms with Crippen LogP contribution in [0.25, 0.3) is 11.3 Å². The Morgan fingerprint density at radius 3 is 2.70 bits per heavy atom. The molecule has 0 saturated carbocycles. The Hall–Kier alpha value is -4.13. The van der Waals surface area contributed by atoms with E-state index in [-0.39, 0.29) is 0 Å². The number of aryl methyl sites for hydroxylation is 1. The number of carbonyl (C=O) groups excluding carboxylic acids is 1. The zero-order valence-corrected chi connectivity index (χ0v) is 16.3. The summed E-state index contributed by atoms with van der Waals surface area (Å²) in [6.07, 6.45) is 2.95. The summed E-state index contributed by atoms with van der Waals surface area (Å²) >= 11 is 0. The predicted molar refractivity (Wildman–Crippen MR) is 113 cm³/mol. The Kier molecular flexibility index (Phi) is 5.70. The number of nitrogens with zero attached hydrogens (tertiary/aromatic N) is 2. The van der Waals surface area contributed by atoms with E-state index in [0.717, 1.165) is 16.9 Å². The first-order chi connectivity index (χ1) is 14.7. The largest absolute Gasteiger partial charge is 0.489 e. The molecule has 0 aliphatic rings. The van der Waals surface area contributed by atoms with Gasteiger partial charge in [-0.3, -0.25) is 9.89 Å². The van der Waals surface area contributed by atoms with Crippen molar-refractivity contribution in [1.29, 1.82) is 0 Å². The molecule has 2 heterocycles. The van der Waals surface area contributed by atoms with Crippen LogP contribution in [-0.4, -0.2) is 22.3 Å². The number of hydrazone groups is 1. The molecule has 0 unspecified atom stereocenters. The van der Waals surface area contributed by atoms with Gasteiger partial charge >= 0.3 is 0 Å². The number of ether oxygens (including phenoxy) is 1. The number of amides is 1. The first kappa shape index (κ1) is 19.2. The summed E-state index contributed by atoms with van der Waals surface area (Å²) in [7, 11) is 0. The van der Waals surface area contributed by atoms with Gasteiger partial charge in [-0.25, -0.2) is 5.43 Å². The molecule has 2 aromatic carbocycles. The van der Waals surface area contributed by atoms with Gasteiger partial charge in [-0.1, -0.05) is 29.8 Å². The van der Waals surface area contributed by atoms with E-state index in [1.54, 1.807) is 18.2 Å². The third-order valence-corrected chi connectivity index (χ3v) is 4.40. The monoisotopic (exact) mass is 400 g/mol. The van der Waals surface area contributed by atoms with Crippen molar-refractivity contribution in [3.05, 3.63) is 95.6 Å². The summed E-state index contributed by atoms with van der Waals surface area (Å²) in [5.41, 5.74) is 6.59. The van der Waals surface area contributed by atoms with Gasteiger partial charge in [0.05, 0.1) is 18.2 Å². The molecule has 0 fully saturated rings. The lowest BCUT2D eigenvalue weighted by Gasteiger charge is -2.07. The quantitative estimate of drug-likeness (QED) is 0.357. The van der Waals surface area contributed by atoms with Crippen LogP contribution in [0.1, 0.15) is 27.4 Å². The number of nitrogens with one attached hydrogen (secondary N) is 2. The maximum absolute atomic E-state index is 12.2. The van der Waals surface area contributed by atoms with Crippen molar-refractivity contribution in [1.82, 2.24) is 15.6 Å². The van der Waals surface area contributed by atoms with Crippen LogP contribution in [-0.2, 0) is 6.61 Å². The molecule has 1 amide bonds. The van der Waals surface area contributed by atoms with E-state index in [9.17, 15) is 4.79 Å². The second-order valence-electron chi connectivity index (χ2n) is 6.68. The van der Waals surface area contributed by atoms with Gasteiger partial charge in [0.2, 0.25) is 0 Å². The average molecular weight is 400 g/mol. The van der Waals surface area contributed by atoms with E-state index in [1.807, 2.05) is 24.3 Å². The fourth-order valence-corrected chi connectivity index (χ4v) is 2.74. The molecular formula is C23H20N4O3. The second-order valence-corrected chi connectivity index (χ2v) is 6.68. The van der Waals surface area contributed by atoms with Gasteiger partial charge in [-0.05, 0) is 55.0 Å². The van der Waals surface area contributed by atoms with Crippen LogP contribution in [0.3, 0.4) is 0 Å². The topological polar surface area (TPSA) is 92.5 Å². The molecule has 2 aromatic heterocycles. The zero-order chi connectivity index (χ0) is 20.8. The summed E-state index contributed by atoms with van der Waals surface area (Å²) in [6, 6.07) is 20.9. The molecule has 0 spiro atoms. The molecule has 4 rings (SSSR count). The number of aromatic nitrogens is 2. The molecular weight excluding hydrogens is 380 g/mol. The Labute approximate surface area is 173 Å². The van der Waals surface area contributed by atoms with Gasteiger partial charge in [0.15, 0.2) is 0 Å². The SMILES string of the molecule is Cc1ccc(COc2ccc(-c3cc(C(=O)N/N=C/c4ccco4)[nH]n3)cc2)cc1. The highest BCUT2D eigenvalue weighted by Crippen LogP contribution is 2.22. The molecule has 0 saturated heterocycles. The molecule has 7 heteroatoms. The number of carbonyl (C=O) groups is 1. The Morgan fingerprint density at radius 1 is 1.17 bits per heavy atom. The molecule has 150 valence electrons. The van der Waals surface area contributed by atoms with E-state index >= 15 is 0 Å². The Morgan fingerprint density at radius 2 is 1.97 bits per heavy atom. The van der Waals surface area contributed by atoms with Gasteiger partial charge in [0.1, 0.15) is 23.8 Å². The number of hydrogen-bond donors (Lipinski definition) is 2. The van der Waals surface area contributed by atoms with Crippen LogP contribution in [0.5, 0.6) is 5.75 Å². The summed E-state index contributed by atoms with van der Waals surface area (Å²) < 4.78 is 10.9. The van der Waals surface area contributed by atoms with Gasteiger partial charge in [-0.15, -0.1) is 0 Å². The molecule has 0 aliphatic heterocycles. The third-order valence-electron chi connectivity index (χ3n) is 4.40. The summed E-state index contributed by atoms with van der Waals surface area (Å²) in [6.45, 7) is 2.56. The summed E-state index contributed by atoms with van der Waals surface area (Å²) in [5.74, 6) is 0.917. The van der Waals surface area contributed by atoms with Crippen molar-refractivity contribution >= 4 is 12.1 Å². The number of furan rings is 1. The normalized spacial score (nSPS) is 11.0. The second kappa shape index (κ2) is 8.91. The first-order valence-electron chi connectivity index (χ1n) is 9.38. The van der Waals surface area contributed by atoms with Crippen molar-refractivity contribution in [2.75, 3.05) is 0 Å². The lowest BCUT2D eigenvalue weighted by Crippen LogP contribution is -2.17. The zero-order valence-electron chi connectivity index (χ0n) is 16.3. The fourth-order valence-electron chi connectivity index (χ4n) is 2.74. The minimum atomic E-state index is -0.394. The molecule has 7 nitrogen and oxygen atoms in total. The number of aromatic amines is 1. The molecule has 0 aliphatic carbocycles. The molecule has 4 aromatic rings. The van der Waals surface area contributed by atoms with E-state index < -0.39 is 5.91 Å². The van der Waals surface area contributed by atoms with Crippen LogP contribution in [0.15, 0.2) is 82.5 Å². The van der Waals surface area contributed by atoms with E-state index in [0.29, 0.717) is 23.8 Å². The van der Waals surface area contributed by atoms with Gasteiger partial charge in [-0.2, -0.15) is 10.2 Å². The van der Waals surface area contributed by atoms with Crippen LogP contribution < -0.4 is 10.2 Å². The smallest absolute Gasteiger partial charge is 0.289 e. The summed E-state index contributed by atoms with van der Waals surface area (Å²) in [4.78, 5) is 12.2. The maximum Gasteiger partial charge on any atom is 0.289 e. The van der Waals surface area contributed by atoms with E-state index in [1.165, 1.54) is 18.0 Å². The van der Waals surface area contributed by atoms with Crippen molar-refractivity contribution in [3.8, 4) is 17.0 Å². The van der Waals surface area contributed by atoms with Gasteiger partial charge in [0.25, 0.3) is 5.91 Å². The molecule has 0 bridgehead atoms. The van der Waals surface area contributed by atoms with E-state index in [2.05, 4.69) is 51.9 Å². The van der Waals surface area contributed by atoms with Crippen LogP contribution in [0, 0.1) is 6.92 Å². The fraction of sp³-hybridized carbons (Fsp3) is 0.0870. The first-order valence-corrected chi connectivity index (χ1v) is 9.38. The number of H-pyrrole nitrogens is 1. The summed E-state index contributed by atoms with van der Waals surface area (Å²) in [5, 5.41) is 10.8. The maximum atomic E-state index is 12.2. The van der Waals surface area contributed by atoms with Crippen molar-refractivity contribution in [3.63, 3.8) is 0 Å². The standard InChI is InChI=1S/C23H20N4O3/c1-16-4-6-17(7-5-16)15-30-19-10-8-18(9-11-19)21-13-22(26-25-21)23(28)27-24-14-20-3-2-12-29-20/h2-14H,15H2,1H3,(H,25,26)(H,27,28)/b24-14+. The number of hydrogen-bond acceptors (Lipinski definition) is 5. The third kappa shape index (κ3) is 4.82. The average Bonchev–Trinajstić information content (AvgIpc) is 3.46. The minimum Gasteiger partial charge on any atom is -0.489 e. The van der Waals surface area contributed by atoms with E-state index in [4.69, 9.17) is 9.15 Å². The lowest BCUT2D eigenvalue weighted by atomic mass is 10.1. The highest BCUT2D eigenvalue weighted by molar-refractivity contribution is 5.93. The number of rotatable bonds is 7. The Balaban J connectivity index is 1.34. The molecule has 0 atom stereocenters. The lowest BCUT2D eigenvalue weighted by molar-refractivity contribution is 0.0950. The highest BCUT2D eigenvalue weighted by atomic mass is 16.5. The highest BCUT2D eigenvalue weighted by Gasteiger charge is 2.10. The van der Waals surface area contributed by atoms with Crippen LogP contribution >= 0.6 is 0 Å². The van der Waals surface area contributed by atoms with Gasteiger partial charge < -0.3 is 9.15 Å². The molecule has 0 radical (unpaired) electrons. The molecule has 30 heavy (non-hydrogen) atoms. The van der Waals surface area contributed by atoms with Crippen molar-refractivity contribution in [2.45, 2.75) is 13.5 Å².